The second kappa shape index (κ2) is 8.40. The molecule has 5 aromatic rings. The highest BCUT2D eigenvalue weighted by molar-refractivity contribution is 7.98. The molecule has 0 bridgehead atoms. The Morgan fingerprint density at radius 1 is 1.09 bits per heavy atom. The van der Waals surface area contributed by atoms with Crippen LogP contribution < -0.4 is 11.2 Å². The predicted molar refractivity (Wildman–Crippen MR) is 128 cm³/mol. The van der Waals surface area contributed by atoms with Gasteiger partial charge in [-0.15, -0.1) is 10.2 Å². The minimum atomic E-state index is -0.475. The maximum Gasteiger partial charge on any atom is 0.336 e. The number of benzene rings is 2. The van der Waals surface area contributed by atoms with Crippen molar-refractivity contribution in [1.82, 2.24) is 19.2 Å². The topological polar surface area (TPSA) is 103 Å². The summed E-state index contributed by atoms with van der Waals surface area (Å²) >= 11 is 1.43. The van der Waals surface area contributed by atoms with Crippen molar-refractivity contribution in [2.24, 2.45) is 0 Å². The van der Waals surface area contributed by atoms with Crippen LogP contribution in [0.15, 0.2) is 61.6 Å². The molecule has 0 aliphatic carbocycles. The molecule has 0 fully saturated rings. The second-order valence-electron chi connectivity index (χ2n) is 7.91. The van der Waals surface area contributed by atoms with E-state index >= 15 is 0 Å². The van der Waals surface area contributed by atoms with E-state index in [1.165, 1.54) is 17.8 Å². The van der Waals surface area contributed by atoms with Crippen molar-refractivity contribution in [3.8, 4) is 5.75 Å². The molecule has 5 rings (SSSR count). The molecular formula is C24H22N4O4S. The van der Waals surface area contributed by atoms with Crippen LogP contribution in [0.3, 0.4) is 0 Å². The van der Waals surface area contributed by atoms with Crippen LogP contribution in [0.1, 0.15) is 30.9 Å². The summed E-state index contributed by atoms with van der Waals surface area (Å²) in [6, 6.07) is 12.2. The fourth-order valence-corrected chi connectivity index (χ4v) is 4.95. The fourth-order valence-electron chi connectivity index (χ4n) is 4.02. The Hall–Kier alpha value is -3.59. The summed E-state index contributed by atoms with van der Waals surface area (Å²) < 4.78 is 8.94. The molecule has 1 N–H and O–H groups in total. The lowest BCUT2D eigenvalue weighted by Gasteiger charge is -2.11. The molecule has 0 saturated heterocycles. The van der Waals surface area contributed by atoms with Crippen molar-refractivity contribution < 1.29 is 9.52 Å². The van der Waals surface area contributed by atoms with Gasteiger partial charge in [0.05, 0.1) is 10.9 Å². The molecule has 0 amide bonds. The molecule has 0 aliphatic rings. The SMILES string of the molecule is CCCCn1c(=O)c2ccccc2n2c(SCc3cc(=O)oc4c(C)c(O)ccc34)nnc12. The lowest BCUT2D eigenvalue weighted by Crippen LogP contribution is -2.23. The fraction of sp³-hybridized carbons (Fsp3) is 0.250. The molecule has 2 aromatic carbocycles. The lowest BCUT2D eigenvalue weighted by atomic mass is 10.1. The molecule has 0 saturated carbocycles. The number of aromatic nitrogens is 4. The predicted octanol–water partition coefficient (Wildman–Crippen LogP) is 4.26. The zero-order chi connectivity index (χ0) is 23.1. The summed E-state index contributed by atoms with van der Waals surface area (Å²) in [6.45, 7) is 4.36. The molecule has 3 heterocycles. The molecule has 168 valence electrons. The van der Waals surface area contributed by atoms with Crippen LogP contribution in [0.25, 0.3) is 27.6 Å². The van der Waals surface area contributed by atoms with Crippen LogP contribution in [0.5, 0.6) is 5.75 Å². The Labute approximate surface area is 192 Å². The van der Waals surface area contributed by atoms with E-state index in [9.17, 15) is 14.7 Å². The molecule has 0 radical (unpaired) electrons. The molecule has 3 aromatic heterocycles. The summed E-state index contributed by atoms with van der Waals surface area (Å²) in [5, 5.41) is 20.7. The Morgan fingerprint density at radius 3 is 2.73 bits per heavy atom. The molecule has 9 heteroatoms. The van der Waals surface area contributed by atoms with Gasteiger partial charge in [-0.2, -0.15) is 0 Å². The van der Waals surface area contributed by atoms with Gasteiger partial charge < -0.3 is 9.52 Å². The van der Waals surface area contributed by atoms with Gasteiger partial charge in [0.2, 0.25) is 5.78 Å². The van der Waals surface area contributed by atoms with Gasteiger partial charge in [0.25, 0.3) is 5.56 Å². The Morgan fingerprint density at radius 2 is 1.91 bits per heavy atom. The van der Waals surface area contributed by atoms with E-state index in [0.717, 1.165) is 29.3 Å². The number of phenols is 1. The third kappa shape index (κ3) is 3.58. The van der Waals surface area contributed by atoms with Crippen LogP contribution in [0, 0.1) is 6.92 Å². The average molecular weight is 463 g/mol. The first kappa shape index (κ1) is 21.3. The van der Waals surface area contributed by atoms with Crippen molar-refractivity contribution in [2.45, 2.75) is 44.1 Å². The van der Waals surface area contributed by atoms with Gasteiger partial charge in [0.15, 0.2) is 5.16 Å². The Balaban J connectivity index is 1.63. The number of hydrogen-bond acceptors (Lipinski definition) is 7. The molecule has 0 atom stereocenters. The summed E-state index contributed by atoms with van der Waals surface area (Å²) in [7, 11) is 0. The zero-order valence-corrected chi connectivity index (χ0v) is 19.1. The summed E-state index contributed by atoms with van der Waals surface area (Å²) in [5.41, 5.74) is 1.87. The molecular weight excluding hydrogens is 440 g/mol. The summed E-state index contributed by atoms with van der Waals surface area (Å²) in [5.74, 6) is 1.03. The molecule has 0 spiro atoms. The Kier molecular flexibility index (Phi) is 5.41. The van der Waals surface area contributed by atoms with Gasteiger partial charge in [-0.05, 0) is 43.2 Å². The number of para-hydroxylation sites is 1. The number of rotatable bonds is 6. The third-order valence-corrected chi connectivity index (χ3v) is 6.77. The van der Waals surface area contributed by atoms with Crippen LogP contribution in [0.4, 0.5) is 0 Å². The van der Waals surface area contributed by atoms with Crippen LogP contribution >= 0.6 is 11.8 Å². The largest absolute Gasteiger partial charge is 0.508 e. The number of hydrogen-bond donors (Lipinski definition) is 1. The highest BCUT2D eigenvalue weighted by atomic mass is 32.2. The van der Waals surface area contributed by atoms with Gasteiger partial charge in [-0.1, -0.05) is 37.2 Å². The molecule has 8 nitrogen and oxygen atoms in total. The average Bonchev–Trinajstić information content (AvgIpc) is 3.24. The van der Waals surface area contributed by atoms with Crippen LogP contribution in [-0.4, -0.2) is 24.3 Å². The van der Waals surface area contributed by atoms with Crippen molar-refractivity contribution >= 4 is 39.4 Å². The number of aromatic hydroxyl groups is 1. The third-order valence-electron chi connectivity index (χ3n) is 5.79. The van der Waals surface area contributed by atoms with E-state index in [4.69, 9.17) is 4.42 Å². The van der Waals surface area contributed by atoms with E-state index in [0.29, 0.717) is 39.8 Å². The van der Waals surface area contributed by atoms with Crippen LogP contribution in [-0.2, 0) is 12.3 Å². The normalized spacial score (nSPS) is 11.7. The quantitative estimate of drug-likeness (QED) is 0.297. The molecule has 0 aliphatic heterocycles. The summed E-state index contributed by atoms with van der Waals surface area (Å²) in [6.07, 6.45) is 1.82. The number of thioether (sulfide) groups is 1. The van der Waals surface area contributed by atoms with Gasteiger partial charge in [0.1, 0.15) is 11.3 Å². The van der Waals surface area contributed by atoms with Crippen molar-refractivity contribution in [3.05, 3.63) is 74.4 Å². The van der Waals surface area contributed by atoms with Crippen molar-refractivity contribution in [1.29, 1.82) is 0 Å². The minimum Gasteiger partial charge on any atom is -0.508 e. The number of phenolic OH excluding ortho intramolecular Hbond substituents is 1. The van der Waals surface area contributed by atoms with Gasteiger partial charge >= 0.3 is 5.63 Å². The summed E-state index contributed by atoms with van der Waals surface area (Å²) in [4.78, 5) is 25.3. The maximum atomic E-state index is 13.1. The maximum absolute atomic E-state index is 13.1. The first-order valence-corrected chi connectivity index (χ1v) is 11.7. The van der Waals surface area contributed by atoms with E-state index in [1.807, 2.05) is 28.7 Å². The van der Waals surface area contributed by atoms with E-state index < -0.39 is 5.63 Å². The monoisotopic (exact) mass is 462 g/mol. The highest BCUT2D eigenvalue weighted by Crippen LogP contribution is 2.31. The standard InChI is InChI=1S/C24H22N4O4S/c1-3-4-11-27-22(31)17-7-5-6-8-18(17)28-23(27)25-26-24(28)33-13-15-12-20(30)32-21-14(2)19(29)10-9-16(15)21/h5-10,12,29H,3-4,11,13H2,1-2H3. The van der Waals surface area contributed by atoms with Crippen LogP contribution in [0.2, 0.25) is 0 Å². The number of fused-ring (bicyclic) bond motifs is 4. The first-order valence-electron chi connectivity index (χ1n) is 10.7. The number of nitrogens with zero attached hydrogens (tertiary/aromatic N) is 4. The lowest BCUT2D eigenvalue weighted by molar-refractivity contribution is 0.468. The van der Waals surface area contributed by atoms with Gasteiger partial charge in [-0.25, -0.2) is 4.79 Å². The van der Waals surface area contributed by atoms with Gasteiger partial charge in [-0.3, -0.25) is 13.8 Å². The van der Waals surface area contributed by atoms with Crippen molar-refractivity contribution in [3.63, 3.8) is 0 Å². The molecule has 0 unspecified atom stereocenters. The Bertz CT molecular complexity index is 1630. The molecule has 33 heavy (non-hydrogen) atoms. The smallest absolute Gasteiger partial charge is 0.336 e. The number of aryl methyl sites for hydroxylation is 2. The van der Waals surface area contributed by atoms with E-state index in [2.05, 4.69) is 17.1 Å². The van der Waals surface area contributed by atoms with E-state index in [-0.39, 0.29) is 11.3 Å². The first-order chi connectivity index (χ1) is 16.0. The zero-order valence-electron chi connectivity index (χ0n) is 18.2. The minimum absolute atomic E-state index is 0.0718. The second-order valence-corrected chi connectivity index (χ2v) is 8.85. The van der Waals surface area contributed by atoms with Crippen molar-refractivity contribution in [2.75, 3.05) is 0 Å². The van der Waals surface area contributed by atoms with E-state index in [1.54, 1.807) is 23.6 Å². The highest BCUT2D eigenvalue weighted by Gasteiger charge is 2.18. The van der Waals surface area contributed by atoms with Gasteiger partial charge in [0, 0.05) is 29.3 Å². The number of unbranched alkanes of at least 4 members (excludes halogenated alkanes) is 1.